The Morgan fingerprint density at radius 3 is 2.57 bits per heavy atom. The molecule has 10 nitrogen and oxygen atoms in total. The SMILES string of the molecule is COc1cc(-c2c[nH]nc2C2CCCCO2)cnc1-c1cc(N)c(NC2CC(C)(C)NC(C)(C)C2)nn1. The number of pyridine rings is 1. The van der Waals surface area contributed by atoms with Gasteiger partial charge in [0.1, 0.15) is 23.2 Å². The van der Waals surface area contributed by atoms with E-state index in [2.05, 4.69) is 58.7 Å². The first-order chi connectivity index (χ1) is 17.6. The Hall–Kier alpha value is -3.24. The van der Waals surface area contributed by atoms with Gasteiger partial charge in [0.15, 0.2) is 5.82 Å². The molecule has 0 aliphatic carbocycles. The lowest BCUT2D eigenvalue weighted by Gasteiger charge is -2.46. The van der Waals surface area contributed by atoms with Crippen molar-refractivity contribution in [3.8, 4) is 28.3 Å². The van der Waals surface area contributed by atoms with Gasteiger partial charge < -0.3 is 25.8 Å². The first kappa shape index (κ1) is 25.4. The zero-order chi connectivity index (χ0) is 26.2. The number of aromatic amines is 1. The van der Waals surface area contributed by atoms with E-state index >= 15 is 0 Å². The summed E-state index contributed by atoms with van der Waals surface area (Å²) in [6.45, 7) is 9.64. The molecule has 10 heteroatoms. The van der Waals surface area contributed by atoms with Crippen LogP contribution >= 0.6 is 0 Å². The van der Waals surface area contributed by atoms with Crippen LogP contribution in [-0.4, -0.2) is 56.2 Å². The van der Waals surface area contributed by atoms with Gasteiger partial charge in [-0.05, 0) is 71.9 Å². The number of H-pyrrole nitrogens is 1. The first-order valence-corrected chi connectivity index (χ1v) is 13.0. The van der Waals surface area contributed by atoms with E-state index in [0.29, 0.717) is 28.6 Å². The molecule has 3 aromatic heterocycles. The van der Waals surface area contributed by atoms with Crippen LogP contribution in [0.15, 0.2) is 24.5 Å². The minimum Gasteiger partial charge on any atom is -0.494 e. The number of nitrogens with two attached hydrogens (primary N) is 1. The second kappa shape index (κ2) is 9.90. The number of nitrogens with one attached hydrogen (secondary N) is 3. The molecule has 5 rings (SSSR count). The van der Waals surface area contributed by atoms with Crippen molar-refractivity contribution >= 4 is 11.5 Å². The third kappa shape index (κ3) is 5.55. The predicted molar refractivity (Wildman–Crippen MR) is 144 cm³/mol. The summed E-state index contributed by atoms with van der Waals surface area (Å²) in [5.74, 6) is 1.18. The second-order valence-electron chi connectivity index (χ2n) is 11.5. The van der Waals surface area contributed by atoms with Crippen LogP contribution in [0, 0.1) is 0 Å². The van der Waals surface area contributed by atoms with Gasteiger partial charge >= 0.3 is 0 Å². The van der Waals surface area contributed by atoms with Crippen molar-refractivity contribution in [3.05, 3.63) is 30.2 Å². The minimum atomic E-state index is -0.0116. The van der Waals surface area contributed by atoms with Gasteiger partial charge in [-0.1, -0.05) is 0 Å². The van der Waals surface area contributed by atoms with Gasteiger partial charge in [-0.25, -0.2) is 4.98 Å². The van der Waals surface area contributed by atoms with Crippen LogP contribution in [-0.2, 0) is 4.74 Å². The smallest absolute Gasteiger partial charge is 0.172 e. The molecule has 3 aromatic rings. The van der Waals surface area contributed by atoms with E-state index in [9.17, 15) is 0 Å². The summed E-state index contributed by atoms with van der Waals surface area (Å²) in [7, 11) is 1.62. The summed E-state index contributed by atoms with van der Waals surface area (Å²) in [6, 6.07) is 3.98. The van der Waals surface area contributed by atoms with Crippen molar-refractivity contribution < 1.29 is 9.47 Å². The third-order valence-electron chi connectivity index (χ3n) is 7.14. The Balaban J connectivity index is 1.38. The Morgan fingerprint density at radius 1 is 1.11 bits per heavy atom. The number of ether oxygens (including phenoxy) is 2. The van der Waals surface area contributed by atoms with Crippen LogP contribution in [0.1, 0.15) is 71.6 Å². The molecule has 2 saturated heterocycles. The van der Waals surface area contributed by atoms with Crippen molar-refractivity contribution in [2.45, 2.75) is 83.0 Å². The van der Waals surface area contributed by atoms with E-state index in [-0.39, 0.29) is 23.2 Å². The fourth-order valence-electron chi connectivity index (χ4n) is 5.93. The lowest BCUT2D eigenvalue weighted by Crippen LogP contribution is -2.60. The van der Waals surface area contributed by atoms with Gasteiger partial charge in [0.25, 0.3) is 0 Å². The Labute approximate surface area is 218 Å². The van der Waals surface area contributed by atoms with E-state index < -0.39 is 0 Å². The van der Waals surface area contributed by atoms with E-state index in [4.69, 9.17) is 20.2 Å². The first-order valence-electron chi connectivity index (χ1n) is 13.0. The molecule has 2 aliphatic rings. The molecule has 0 radical (unpaired) electrons. The molecular weight excluding hydrogens is 468 g/mol. The zero-order valence-electron chi connectivity index (χ0n) is 22.4. The van der Waals surface area contributed by atoms with Gasteiger partial charge in [-0.3, -0.25) is 5.10 Å². The number of nitrogen functional groups attached to an aromatic ring is 1. The molecule has 0 spiro atoms. The lowest BCUT2D eigenvalue weighted by atomic mass is 9.79. The highest BCUT2D eigenvalue weighted by molar-refractivity contribution is 5.74. The van der Waals surface area contributed by atoms with Crippen LogP contribution in [0.4, 0.5) is 11.5 Å². The van der Waals surface area contributed by atoms with E-state index in [1.807, 2.05) is 12.3 Å². The molecule has 198 valence electrons. The molecule has 1 atom stereocenters. The fourth-order valence-corrected chi connectivity index (χ4v) is 5.93. The number of nitrogens with zero attached hydrogens (tertiary/aromatic N) is 4. The maximum atomic E-state index is 6.44. The van der Waals surface area contributed by atoms with Crippen LogP contribution < -0.4 is 21.1 Å². The molecule has 0 saturated carbocycles. The Morgan fingerprint density at radius 2 is 1.89 bits per heavy atom. The van der Waals surface area contributed by atoms with Gasteiger partial charge in [0.05, 0.1) is 18.5 Å². The van der Waals surface area contributed by atoms with Gasteiger partial charge in [-0.2, -0.15) is 5.10 Å². The summed E-state index contributed by atoms with van der Waals surface area (Å²) in [5.41, 5.74) is 10.9. The van der Waals surface area contributed by atoms with Gasteiger partial charge in [0.2, 0.25) is 0 Å². The highest BCUT2D eigenvalue weighted by Gasteiger charge is 2.38. The summed E-state index contributed by atoms with van der Waals surface area (Å²) < 4.78 is 11.7. The highest BCUT2D eigenvalue weighted by Crippen LogP contribution is 2.37. The molecular formula is C27H38N8O2. The molecule has 0 amide bonds. The van der Waals surface area contributed by atoms with Crippen molar-refractivity contribution in [2.24, 2.45) is 0 Å². The second-order valence-corrected chi connectivity index (χ2v) is 11.5. The molecule has 2 aliphatic heterocycles. The molecule has 2 fully saturated rings. The number of anilines is 2. The van der Waals surface area contributed by atoms with Crippen LogP contribution in [0.25, 0.3) is 22.5 Å². The van der Waals surface area contributed by atoms with Gasteiger partial charge in [0, 0.05) is 47.2 Å². The van der Waals surface area contributed by atoms with Crippen molar-refractivity contribution in [1.82, 2.24) is 30.7 Å². The average molecular weight is 507 g/mol. The molecule has 0 bridgehead atoms. The number of hydrogen-bond acceptors (Lipinski definition) is 9. The maximum absolute atomic E-state index is 6.44. The quantitative estimate of drug-likeness (QED) is 0.381. The van der Waals surface area contributed by atoms with Crippen molar-refractivity contribution in [3.63, 3.8) is 0 Å². The minimum absolute atomic E-state index is 0.0116. The number of rotatable bonds is 6. The monoisotopic (exact) mass is 506 g/mol. The normalized spacial score (nSPS) is 21.5. The van der Waals surface area contributed by atoms with Gasteiger partial charge in [-0.15, -0.1) is 10.2 Å². The van der Waals surface area contributed by atoms with E-state index in [1.54, 1.807) is 19.4 Å². The predicted octanol–water partition coefficient (Wildman–Crippen LogP) is 4.48. The number of methoxy groups -OCH3 is 1. The number of aromatic nitrogens is 5. The fraction of sp³-hybridized carbons (Fsp3) is 0.556. The summed E-state index contributed by atoms with van der Waals surface area (Å²) in [6.07, 6.45) is 8.77. The molecule has 1 unspecified atom stereocenters. The largest absolute Gasteiger partial charge is 0.494 e. The molecule has 0 aromatic carbocycles. The van der Waals surface area contributed by atoms with Crippen LogP contribution in [0.3, 0.4) is 0 Å². The topological polar surface area (TPSA) is 136 Å². The Kier molecular flexibility index (Phi) is 6.80. The lowest BCUT2D eigenvalue weighted by molar-refractivity contribution is 0.0126. The molecule has 5 N–H and O–H groups in total. The van der Waals surface area contributed by atoms with Crippen LogP contribution in [0.2, 0.25) is 0 Å². The number of piperidine rings is 1. The van der Waals surface area contributed by atoms with E-state index in [0.717, 1.165) is 55.5 Å². The third-order valence-corrected chi connectivity index (χ3v) is 7.14. The summed E-state index contributed by atoms with van der Waals surface area (Å²) in [5, 5.41) is 23.6. The van der Waals surface area contributed by atoms with Crippen molar-refractivity contribution in [1.29, 1.82) is 0 Å². The highest BCUT2D eigenvalue weighted by atomic mass is 16.5. The van der Waals surface area contributed by atoms with Crippen LogP contribution in [0.5, 0.6) is 5.75 Å². The van der Waals surface area contributed by atoms with Crippen molar-refractivity contribution in [2.75, 3.05) is 24.8 Å². The summed E-state index contributed by atoms with van der Waals surface area (Å²) >= 11 is 0. The average Bonchev–Trinajstić information content (AvgIpc) is 3.33. The van der Waals surface area contributed by atoms with E-state index in [1.165, 1.54) is 0 Å². The standard InChI is InChI=1S/C27H38N8O2/c1-26(2)12-17(13-27(3,4)35-26)31-25-19(28)11-20(32-34-25)24-22(36-5)10-16(14-29-24)18-15-30-33-23(18)21-8-6-7-9-37-21/h10-11,14-15,17,21,35H,6-9,12-13H2,1-5H3,(H2,28,32)(H,30,33)(H,31,34). The maximum Gasteiger partial charge on any atom is 0.172 e. The summed E-state index contributed by atoms with van der Waals surface area (Å²) in [4.78, 5) is 4.69. The zero-order valence-corrected chi connectivity index (χ0v) is 22.4. The number of hydrogen-bond donors (Lipinski definition) is 4. The molecule has 37 heavy (non-hydrogen) atoms. The molecule has 5 heterocycles. The Bertz CT molecular complexity index is 1230.